The Morgan fingerprint density at radius 3 is 2.43 bits per heavy atom. The maximum atomic E-state index is 12.3. The number of benzene rings is 1. The predicted molar refractivity (Wildman–Crippen MR) is 78.9 cm³/mol. The van der Waals surface area contributed by atoms with Crippen LogP contribution in [0.1, 0.15) is 55.8 Å². The number of rotatable bonds is 6. The fourth-order valence-electron chi connectivity index (χ4n) is 2.55. The first-order chi connectivity index (χ1) is 10.2. The third-order valence-corrected chi connectivity index (χ3v) is 3.81. The highest BCUT2D eigenvalue weighted by atomic mass is 16.6. The second-order valence-corrected chi connectivity index (χ2v) is 5.45. The van der Waals surface area contributed by atoms with Crippen LogP contribution in [0.4, 0.5) is 0 Å². The van der Waals surface area contributed by atoms with Gasteiger partial charge in [0, 0.05) is 0 Å². The van der Waals surface area contributed by atoms with Crippen LogP contribution < -0.4 is 0 Å². The molecule has 1 aromatic rings. The van der Waals surface area contributed by atoms with E-state index in [1.807, 2.05) is 13.0 Å². The molecule has 21 heavy (non-hydrogen) atoms. The van der Waals surface area contributed by atoms with Crippen molar-refractivity contribution in [1.29, 1.82) is 0 Å². The second-order valence-electron chi connectivity index (χ2n) is 5.45. The highest BCUT2D eigenvalue weighted by Gasteiger charge is 2.46. The van der Waals surface area contributed by atoms with E-state index < -0.39 is 17.5 Å². The summed E-state index contributed by atoms with van der Waals surface area (Å²) in [6.45, 7) is 2.43. The number of carbonyl (C=O) groups is 2. The topological polar surface area (TPSA) is 52.6 Å². The quantitative estimate of drug-likeness (QED) is 0.594. The van der Waals surface area contributed by atoms with Crippen LogP contribution in [0, 0.1) is 0 Å². The molecule has 0 unspecified atom stereocenters. The number of ether oxygens (including phenoxy) is 2. The van der Waals surface area contributed by atoms with Gasteiger partial charge in [0.15, 0.2) is 0 Å². The van der Waals surface area contributed by atoms with Crippen LogP contribution in [0.5, 0.6) is 0 Å². The summed E-state index contributed by atoms with van der Waals surface area (Å²) >= 11 is 0. The van der Waals surface area contributed by atoms with Crippen molar-refractivity contribution in [1.82, 2.24) is 0 Å². The SMILES string of the molecule is CCCCOC(=O)C1(OC(=O)c2ccccc2)CCCC1. The normalized spacial score (nSPS) is 16.4. The number of hydrogen-bond acceptors (Lipinski definition) is 4. The summed E-state index contributed by atoms with van der Waals surface area (Å²) in [5.41, 5.74) is -0.620. The molecule has 114 valence electrons. The molecular formula is C17H22O4. The van der Waals surface area contributed by atoms with Crippen molar-refractivity contribution < 1.29 is 19.1 Å². The average molecular weight is 290 g/mol. The van der Waals surface area contributed by atoms with Gasteiger partial charge in [-0.05, 0) is 44.2 Å². The van der Waals surface area contributed by atoms with Crippen molar-refractivity contribution >= 4 is 11.9 Å². The molecule has 0 amide bonds. The van der Waals surface area contributed by atoms with Gasteiger partial charge >= 0.3 is 11.9 Å². The van der Waals surface area contributed by atoms with Crippen molar-refractivity contribution in [3.63, 3.8) is 0 Å². The minimum atomic E-state index is -1.08. The monoisotopic (exact) mass is 290 g/mol. The molecule has 0 heterocycles. The average Bonchev–Trinajstić information content (AvgIpc) is 2.98. The van der Waals surface area contributed by atoms with Crippen LogP contribution in [0.2, 0.25) is 0 Å². The number of esters is 2. The number of hydrogen-bond donors (Lipinski definition) is 0. The molecule has 0 aliphatic heterocycles. The van der Waals surface area contributed by atoms with Gasteiger partial charge in [-0.25, -0.2) is 9.59 Å². The summed E-state index contributed by atoms with van der Waals surface area (Å²) in [6.07, 6.45) is 4.65. The third kappa shape index (κ3) is 3.84. The lowest BCUT2D eigenvalue weighted by atomic mass is 10.0. The van der Waals surface area contributed by atoms with Crippen molar-refractivity contribution in [2.45, 2.75) is 51.0 Å². The minimum Gasteiger partial charge on any atom is -0.463 e. The first-order valence-electron chi connectivity index (χ1n) is 7.63. The lowest BCUT2D eigenvalue weighted by Gasteiger charge is -2.26. The van der Waals surface area contributed by atoms with E-state index in [0.717, 1.165) is 25.7 Å². The molecule has 0 N–H and O–H groups in total. The van der Waals surface area contributed by atoms with E-state index in [2.05, 4.69) is 0 Å². The zero-order valence-electron chi connectivity index (χ0n) is 12.5. The molecule has 4 heteroatoms. The maximum absolute atomic E-state index is 12.3. The van der Waals surface area contributed by atoms with Gasteiger partial charge in [-0.15, -0.1) is 0 Å². The summed E-state index contributed by atoms with van der Waals surface area (Å²) in [5.74, 6) is -0.845. The van der Waals surface area contributed by atoms with Crippen molar-refractivity contribution in [3.8, 4) is 0 Å². The molecule has 0 aromatic heterocycles. The fraction of sp³-hybridized carbons (Fsp3) is 0.529. The number of carbonyl (C=O) groups excluding carboxylic acids is 2. The van der Waals surface area contributed by atoms with Crippen LogP contribution in [0.25, 0.3) is 0 Å². The fourth-order valence-corrected chi connectivity index (χ4v) is 2.55. The molecule has 0 bridgehead atoms. The highest BCUT2D eigenvalue weighted by Crippen LogP contribution is 2.35. The van der Waals surface area contributed by atoms with E-state index in [0.29, 0.717) is 25.0 Å². The van der Waals surface area contributed by atoms with E-state index in [1.54, 1.807) is 24.3 Å². The zero-order chi connectivity index (χ0) is 15.1. The van der Waals surface area contributed by atoms with Gasteiger partial charge in [0.05, 0.1) is 12.2 Å². The van der Waals surface area contributed by atoms with Gasteiger partial charge in [-0.3, -0.25) is 0 Å². The van der Waals surface area contributed by atoms with Crippen molar-refractivity contribution in [2.24, 2.45) is 0 Å². The smallest absolute Gasteiger partial charge is 0.350 e. The second kappa shape index (κ2) is 7.25. The number of unbranched alkanes of at least 4 members (excludes halogenated alkanes) is 1. The summed E-state index contributed by atoms with van der Waals surface area (Å²) in [5, 5.41) is 0. The molecule has 0 spiro atoms. The molecule has 2 rings (SSSR count). The first-order valence-corrected chi connectivity index (χ1v) is 7.63. The van der Waals surface area contributed by atoms with E-state index in [-0.39, 0.29) is 0 Å². The molecule has 1 aromatic carbocycles. The summed E-state index contributed by atoms with van der Waals surface area (Å²) in [6, 6.07) is 8.76. The van der Waals surface area contributed by atoms with Gasteiger partial charge in [-0.2, -0.15) is 0 Å². The van der Waals surface area contributed by atoms with E-state index in [1.165, 1.54) is 0 Å². The van der Waals surface area contributed by atoms with Crippen LogP contribution in [0.3, 0.4) is 0 Å². The third-order valence-electron chi connectivity index (χ3n) is 3.81. The summed E-state index contributed by atoms with van der Waals surface area (Å²) in [7, 11) is 0. The predicted octanol–water partition coefficient (Wildman–Crippen LogP) is 3.50. The Labute approximate surface area is 125 Å². The Bertz CT molecular complexity index is 475. The Hall–Kier alpha value is -1.84. The largest absolute Gasteiger partial charge is 0.463 e. The maximum Gasteiger partial charge on any atom is 0.350 e. The van der Waals surface area contributed by atoms with Gasteiger partial charge in [-0.1, -0.05) is 31.5 Å². The van der Waals surface area contributed by atoms with Crippen LogP contribution in [-0.4, -0.2) is 24.1 Å². The van der Waals surface area contributed by atoms with E-state index in [9.17, 15) is 9.59 Å². The molecular weight excluding hydrogens is 268 g/mol. The Kier molecular flexibility index (Phi) is 5.37. The summed E-state index contributed by atoms with van der Waals surface area (Å²) < 4.78 is 10.9. The van der Waals surface area contributed by atoms with Crippen LogP contribution in [0.15, 0.2) is 30.3 Å². The lowest BCUT2D eigenvalue weighted by Crippen LogP contribution is -2.42. The molecule has 1 aliphatic carbocycles. The molecule has 1 saturated carbocycles. The molecule has 0 radical (unpaired) electrons. The Morgan fingerprint density at radius 1 is 1.14 bits per heavy atom. The zero-order valence-corrected chi connectivity index (χ0v) is 12.5. The van der Waals surface area contributed by atoms with Crippen molar-refractivity contribution in [2.75, 3.05) is 6.61 Å². The van der Waals surface area contributed by atoms with E-state index in [4.69, 9.17) is 9.47 Å². The minimum absolute atomic E-state index is 0.389. The van der Waals surface area contributed by atoms with Gasteiger partial charge in [0.25, 0.3) is 0 Å². The molecule has 0 saturated heterocycles. The lowest BCUT2D eigenvalue weighted by molar-refractivity contribution is -0.165. The molecule has 0 atom stereocenters. The molecule has 1 aliphatic rings. The van der Waals surface area contributed by atoms with Gasteiger partial charge in [0.1, 0.15) is 0 Å². The Morgan fingerprint density at radius 2 is 1.81 bits per heavy atom. The summed E-state index contributed by atoms with van der Waals surface area (Å²) in [4.78, 5) is 24.5. The van der Waals surface area contributed by atoms with E-state index >= 15 is 0 Å². The van der Waals surface area contributed by atoms with Crippen molar-refractivity contribution in [3.05, 3.63) is 35.9 Å². The van der Waals surface area contributed by atoms with Gasteiger partial charge in [0.2, 0.25) is 5.60 Å². The molecule has 4 nitrogen and oxygen atoms in total. The first kappa shape index (κ1) is 15.5. The van der Waals surface area contributed by atoms with Crippen LogP contribution in [-0.2, 0) is 14.3 Å². The highest BCUT2D eigenvalue weighted by molar-refractivity contribution is 5.92. The van der Waals surface area contributed by atoms with Gasteiger partial charge < -0.3 is 9.47 Å². The molecule has 1 fully saturated rings. The Balaban J connectivity index is 2.04. The van der Waals surface area contributed by atoms with Crippen LogP contribution >= 0.6 is 0 Å². The standard InChI is InChI=1S/C17H22O4/c1-2-3-13-20-16(19)17(11-7-8-12-17)21-15(18)14-9-5-4-6-10-14/h4-6,9-10H,2-3,7-8,11-13H2,1H3.